The fourth-order valence-corrected chi connectivity index (χ4v) is 2.91. The zero-order valence-electron chi connectivity index (χ0n) is 13.8. The molecule has 0 spiro atoms. The molecular formula is C14H22N6O3S. The van der Waals surface area contributed by atoms with E-state index in [2.05, 4.69) is 38.0 Å². The zero-order valence-corrected chi connectivity index (χ0v) is 14.6. The topological polar surface area (TPSA) is 107 Å². The summed E-state index contributed by atoms with van der Waals surface area (Å²) in [6.07, 6.45) is 0.318. The van der Waals surface area contributed by atoms with Gasteiger partial charge in [0.1, 0.15) is 5.69 Å². The molecule has 0 aliphatic carbocycles. The third kappa shape index (κ3) is 5.87. The van der Waals surface area contributed by atoms with E-state index in [1.807, 2.05) is 0 Å². The number of hydrogen-bond donors (Lipinski definition) is 3. The lowest BCUT2D eigenvalue weighted by molar-refractivity contribution is -0.122. The maximum absolute atomic E-state index is 11.9. The molecule has 24 heavy (non-hydrogen) atoms. The molecule has 1 aliphatic rings. The van der Waals surface area contributed by atoms with Gasteiger partial charge in [0.05, 0.1) is 0 Å². The van der Waals surface area contributed by atoms with E-state index in [1.54, 1.807) is 0 Å². The highest BCUT2D eigenvalue weighted by atomic mass is 32.1. The van der Waals surface area contributed by atoms with Gasteiger partial charge >= 0.3 is 0 Å². The number of likely N-dealkylation sites (N-methyl/N-ethyl adjacent to an activating group) is 1. The number of hydrogen-bond acceptors (Lipinski definition) is 7. The van der Waals surface area contributed by atoms with E-state index >= 15 is 0 Å². The highest BCUT2D eigenvalue weighted by Gasteiger charge is 2.16. The van der Waals surface area contributed by atoms with Crippen molar-refractivity contribution in [2.24, 2.45) is 0 Å². The van der Waals surface area contributed by atoms with Crippen molar-refractivity contribution >= 4 is 34.2 Å². The maximum atomic E-state index is 11.9. The maximum Gasteiger partial charge on any atom is 0.289 e. The third-order valence-corrected chi connectivity index (χ3v) is 4.34. The SMILES string of the molecule is CC(=O)Nc1nc(C(=O)NNC(=O)CCN2CCN(C)CC2)cs1. The van der Waals surface area contributed by atoms with Crippen molar-refractivity contribution in [2.45, 2.75) is 13.3 Å². The molecule has 1 aromatic rings. The number of amides is 3. The van der Waals surface area contributed by atoms with Crippen LogP contribution >= 0.6 is 11.3 Å². The highest BCUT2D eigenvalue weighted by molar-refractivity contribution is 7.14. The van der Waals surface area contributed by atoms with Crippen LogP contribution in [0.15, 0.2) is 5.38 Å². The van der Waals surface area contributed by atoms with Crippen LogP contribution in [-0.2, 0) is 9.59 Å². The number of rotatable bonds is 5. The molecule has 0 aromatic carbocycles. The summed E-state index contributed by atoms with van der Waals surface area (Å²) >= 11 is 1.14. The van der Waals surface area contributed by atoms with E-state index in [4.69, 9.17) is 0 Å². The first-order chi connectivity index (χ1) is 11.4. The molecule has 0 saturated carbocycles. The number of thiazole rings is 1. The lowest BCUT2D eigenvalue weighted by Gasteiger charge is -2.32. The number of anilines is 1. The summed E-state index contributed by atoms with van der Waals surface area (Å²) < 4.78 is 0. The molecule has 1 aromatic heterocycles. The first-order valence-corrected chi connectivity index (χ1v) is 8.55. The lowest BCUT2D eigenvalue weighted by atomic mass is 10.3. The molecule has 1 fully saturated rings. The van der Waals surface area contributed by atoms with Crippen LogP contribution < -0.4 is 16.2 Å². The summed E-state index contributed by atoms with van der Waals surface area (Å²) in [6.45, 7) is 5.92. The Morgan fingerprint density at radius 3 is 2.58 bits per heavy atom. The first kappa shape index (κ1) is 18.3. The fraction of sp³-hybridized carbons (Fsp3) is 0.571. The van der Waals surface area contributed by atoms with Crippen molar-refractivity contribution in [1.29, 1.82) is 0 Å². The average molecular weight is 354 g/mol. The largest absolute Gasteiger partial charge is 0.304 e. The molecule has 0 bridgehead atoms. The Balaban J connectivity index is 1.68. The summed E-state index contributed by atoms with van der Waals surface area (Å²) in [7, 11) is 2.08. The second-order valence-corrected chi connectivity index (χ2v) is 6.47. The number of hydrazine groups is 1. The summed E-state index contributed by atoms with van der Waals surface area (Å²) in [4.78, 5) is 43.0. The summed E-state index contributed by atoms with van der Waals surface area (Å²) in [5, 5.41) is 4.35. The van der Waals surface area contributed by atoms with Crippen LogP contribution in [0.5, 0.6) is 0 Å². The number of carbonyl (C=O) groups is 3. The molecule has 132 valence electrons. The Kier molecular flexibility index (Phi) is 6.64. The van der Waals surface area contributed by atoms with Gasteiger partial charge in [-0.15, -0.1) is 11.3 Å². The molecular weight excluding hydrogens is 332 g/mol. The Morgan fingerprint density at radius 1 is 1.21 bits per heavy atom. The summed E-state index contributed by atoms with van der Waals surface area (Å²) in [5.74, 6) is -1.02. The van der Waals surface area contributed by atoms with Crippen LogP contribution in [0.4, 0.5) is 5.13 Å². The third-order valence-electron chi connectivity index (χ3n) is 3.59. The number of carbonyl (C=O) groups excluding carboxylic acids is 3. The van der Waals surface area contributed by atoms with E-state index in [0.29, 0.717) is 18.1 Å². The van der Waals surface area contributed by atoms with Crippen molar-refractivity contribution in [1.82, 2.24) is 25.6 Å². The van der Waals surface area contributed by atoms with Crippen molar-refractivity contribution < 1.29 is 14.4 Å². The average Bonchev–Trinajstić information content (AvgIpc) is 3.00. The molecule has 0 atom stereocenters. The van der Waals surface area contributed by atoms with Gasteiger partial charge < -0.3 is 15.1 Å². The molecule has 3 N–H and O–H groups in total. The van der Waals surface area contributed by atoms with Crippen LogP contribution in [0.3, 0.4) is 0 Å². The summed E-state index contributed by atoms with van der Waals surface area (Å²) in [5.41, 5.74) is 4.85. The molecule has 1 aliphatic heterocycles. The molecule has 0 radical (unpaired) electrons. The molecule has 1 saturated heterocycles. The van der Waals surface area contributed by atoms with Crippen molar-refractivity contribution in [3.63, 3.8) is 0 Å². The minimum atomic E-state index is -0.518. The molecule has 9 nitrogen and oxygen atoms in total. The quantitative estimate of drug-likeness (QED) is 0.616. The minimum Gasteiger partial charge on any atom is -0.304 e. The van der Waals surface area contributed by atoms with E-state index in [9.17, 15) is 14.4 Å². The van der Waals surface area contributed by atoms with Crippen LogP contribution in [0.25, 0.3) is 0 Å². The Morgan fingerprint density at radius 2 is 1.92 bits per heavy atom. The minimum absolute atomic E-state index is 0.142. The number of aromatic nitrogens is 1. The van der Waals surface area contributed by atoms with Crippen LogP contribution in [0.1, 0.15) is 23.8 Å². The van der Waals surface area contributed by atoms with Crippen LogP contribution in [-0.4, -0.2) is 72.3 Å². The van der Waals surface area contributed by atoms with E-state index in [0.717, 1.165) is 37.5 Å². The molecule has 2 rings (SSSR count). The summed E-state index contributed by atoms with van der Waals surface area (Å²) in [6, 6.07) is 0. The Labute approximate surface area is 144 Å². The monoisotopic (exact) mass is 354 g/mol. The Bertz CT molecular complexity index is 597. The second kappa shape index (κ2) is 8.71. The van der Waals surface area contributed by atoms with Gasteiger partial charge in [0.2, 0.25) is 11.8 Å². The van der Waals surface area contributed by atoms with Crippen molar-refractivity contribution in [2.75, 3.05) is 45.1 Å². The Hall–Kier alpha value is -2.04. The zero-order chi connectivity index (χ0) is 17.5. The van der Waals surface area contributed by atoms with E-state index in [-0.39, 0.29) is 17.5 Å². The number of nitrogens with zero attached hydrogens (tertiary/aromatic N) is 3. The van der Waals surface area contributed by atoms with Gasteiger partial charge in [0.25, 0.3) is 5.91 Å². The highest BCUT2D eigenvalue weighted by Crippen LogP contribution is 2.14. The van der Waals surface area contributed by atoms with Gasteiger partial charge in [-0.05, 0) is 7.05 Å². The van der Waals surface area contributed by atoms with Crippen molar-refractivity contribution in [3.05, 3.63) is 11.1 Å². The normalized spacial score (nSPS) is 15.8. The fourth-order valence-electron chi connectivity index (χ4n) is 2.17. The second-order valence-electron chi connectivity index (χ2n) is 5.62. The predicted octanol–water partition coefficient (Wildman–Crippen LogP) is -0.500. The molecule has 10 heteroatoms. The number of piperazine rings is 1. The standard InChI is InChI=1S/C14H22N6O3S/c1-10(21)15-14-16-11(9-24-14)13(23)18-17-12(22)3-4-20-7-5-19(2)6-8-20/h9H,3-8H2,1-2H3,(H,17,22)(H,18,23)(H,15,16,21). The molecule has 0 unspecified atom stereocenters. The van der Waals surface area contributed by atoms with Gasteiger partial charge in [-0.25, -0.2) is 4.98 Å². The van der Waals surface area contributed by atoms with Crippen molar-refractivity contribution in [3.8, 4) is 0 Å². The van der Waals surface area contributed by atoms with Gasteiger partial charge in [0, 0.05) is 51.4 Å². The number of nitrogens with one attached hydrogen (secondary N) is 3. The van der Waals surface area contributed by atoms with E-state index in [1.165, 1.54) is 12.3 Å². The van der Waals surface area contributed by atoms with Gasteiger partial charge in [0.15, 0.2) is 5.13 Å². The van der Waals surface area contributed by atoms with Gasteiger partial charge in [-0.2, -0.15) is 0 Å². The first-order valence-electron chi connectivity index (χ1n) is 7.67. The van der Waals surface area contributed by atoms with Crippen LogP contribution in [0.2, 0.25) is 0 Å². The van der Waals surface area contributed by atoms with Gasteiger partial charge in [-0.3, -0.25) is 25.2 Å². The van der Waals surface area contributed by atoms with Gasteiger partial charge in [-0.1, -0.05) is 0 Å². The lowest BCUT2D eigenvalue weighted by Crippen LogP contribution is -2.47. The van der Waals surface area contributed by atoms with Crippen LogP contribution in [0, 0.1) is 0 Å². The predicted molar refractivity (Wildman–Crippen MR) is 90.6 cm³/mol. The smallest absolute Gasteiger partial charge is 0.289 e. The molecule has 2 heterocycles. The van der Waals surface area contributed by atoms with E-state index < -0.39 is 5.91 Å². The molecule has 3 amide bonds.